The average molecular weight is 1620 g/mol. The number of rotatable bonds is 82. The van der Waals surface area contributed by atoms with Gasteiger partial charge in [-0.25, -0.2) is 9.13 Å². The number of esters is 3. The van der Waals surface area contributed by atoms with E-state index in [-0.39, 0.29) is 19.3 Å². The summed E-state index contributed by atoms with van der Waals surface area (Å²) in [6, 6.07) is 0. The van der Waals surface area contributed by atoms with E-state index in [1.54, 1.807) is 0 Å². The third-order valence-corrected chi connectivity index (χ3v) is 20.0. The Labute approximate surface area is 687 Å². The first-order valence-electron chi connectivity index (χ1n) is 44.1. The van der Waals surface area contributed by atoms with E-state index in [1.807, 2.05) is 0 Å². The van der Waals surface area contributed by atoms with Gasteiger partial charge >= 0.3 is 33.6 Å². The minimum atomic E-state index is -4.95. The molecular formula is C95H158O16P2. The molecule has 0 aromatic rings. The van der Waals surface area contributed by atoms with Crippen LogP contribution in [0.2, 0.25) is 0 Å². The average Bonchev–Trinajstić information content (AvgIpc) is 0.899. The van der Waals surface area contributed by atoms with Gasteiger partial charge in [-0.3, -0.25) is 32.5 Å². The number of hydrogen-bond acceptors (Lipinski definition) is 14. The summed E-state index contributed by atoms with van der Waals surface area (Å²) in [4.78, 5) is 58.9. The van der Waals surface area contributed by atoms with Crippen molar-refractivity contribution in [1.82, 2.24) is 0 Å². The van der Waals surface area contributed by atoms with Crippen molar-refractivity contribution >= 4 is 33.6 Å². The van der Waals surface area contributed by atoms with Gasteiger partial charge in [0.25, 0.3) is 0 Å². The Kier molecular flexibility index (Phi) is 81.9. The van der Waals surface area contributed by atoms with E-state index in [0.717, 1.165) is 173 Å². The number of phosphoric ester groups is 2. The number of phosphoric acid groups is 2. The molecule has 16 nitrogen and oxygen atoms in total. The highest BCUT2D eigenvalue weighted by molar-refractivity contribution is 7.47. The van der Waals surface area contributed by atoms with Crippen LogP contribution < -0.4 is 0 Å². The van der Waals surface area contributed by atoms with Gasteiger partial charge in [-0.15, -0.1) is 0 Å². The van der Waals surface area contributed by atoms with Crippen LogP contribution in [0.4, 0.5) is 0 Å². The van der Waals surface area contributed by atoms with Crippen molar-refractivity contribution in [3.8, 4) is 0 Å². The van der Waals surface area contributed by atoms with Crippen molar-refractivity contribution in [3.05, 3.63) is 182 Å². The maximum absolute atomic E-state index is 13.0. The summed E-state index contributed by atoms with van der Waals surface area (Å²) < 4.78 is 61.4. The highest BCUT2D eigenvalue weighted by Crippen LogP contribution is 2.45. The fraction of sp³-hybridized carbons (Fsp3) is 0.653. The van der Waals surface area contributed by atoms with Crippen molar-refractivity contribution in [2.24, 2.45) is 0 Å². The van der Waals surface area contributed by atoms with E-state index < -0.39 is 91.5 Å². The molecule has 0 saturated heterocycles. The zero-order chi connectivity index (χ0) is 82.2. The molecule has 5 unspecified atom stereocenters. The van der Waals surface area contributed by atoms with E-state index >= 15 is 0 Å². The lowest BCUT2D eigenvalue weighted by atomic mass is 10.0. The fourth-order valence-electron chi connectivity index (χ4n) is 11.5. The van der Waals surface area contributed by atoms with Crippen LogP contribution in [0, 0.1) is 0 Å². The molecule has 0 aromatic carbocycles. The minimum absolute atomic E-state index is 0.0602. The van der Waals surface area contributed by atoms with Crippen LogP contribution in [0.1, 0.15) is 342 Å². The Balaban J connectivity index is 4.61. The maximum Gasteiger partial charge on any atom is 0.472 e. The summed E-state index contributed by atoms with van der Waals surface area (Å²) in [7, 11) is -9.82. The summed E-state index contributed by atoms with van der Waals surface area (Å²) in [6.45, 7) is 2.32. The number of hydrogen-bond donors (Lipinski definition) is 4. The molecule has 5 atom stereocenters. The van der Waals surface area contributed by atoms with Gasteiger partial charge < -0.3 is 34.2 Å². The van der Waals surface area contributed by atoms with Crippen LogP contribution in [-0.2, 0) is 55.8 Å². The van der Waals surface area contributed by atoms with Crippen molar-refractivity contribution in [2.45, 2.75) is 360 Å². The second kappa shape index (κ2) is 86.0. The summed E-state index contributed by atoms with van der Waals surface area (Å²) in [5.74, 6) is -1.62. The first kappa shape index (κ1) is 108. The molecule has 0 aliphatic rings. The predicted molar refractivity (Wildman–Crippen MR) is 472 cm³/mol. The van der Waals surface area contributed by atoms with E-state index in [1.165, 1.54) is 109 Å². The van der Waals surface area contributed by atoms with Crippen LogP contribution in [0.15, 0.2) is 182 Å². The molecular weight excluding hydrogens is 1460 g/mol. The number of allylic oxidation sites excluding steroid dienone is 30. The van der Waals surface area contributed by atoms with Gasteiger partial charge in [-0.1, -0.05) is 351 Å². The Hall–Kier alpha value is -5.35. The first-order valence-corrected chi connectivity index (χ1v) is 47.1. The molecule has 0 heterocycles. The molecule has 0 fully saturated rings. The lowest BCUT2D eigenvalue weighted by Gasteiger charge is -2.21. The summed E-state index contributed by atoms with van der Waals surface area (Å²) in [5, 5.41) is 20.7. The SMILES string of the molecule is CC/C=C\C/C=C\C/C=C\C/C=C\C/C=C\CCCCCCCCCCCCCCCC(=O)OCC(O)COP(=O)(O)OCC(O)COP(=O)(O)OCC(COC(=O)CCCCCCCCCCCCCCC/C=C\C/C=C\C/C=C\C/C=C\C/C=C\CC)OC(=O)CCCCC/C=C\C/C=C\C/C=C\C/C=C\C/C=C\CC. The molecule has 0 aliphatic heterocycles. The number of aliphatic hydroxyl groups excluding tert-OH is 2. The number of ether oxygens (including phenoxy) is 3. The third kappa shape index (κ3) is 87.3. The summed E-state index contributed by atoms with van der Waals surface area (Å²) >= 11 is 0. The normalized spacial score (nSPS) is 14.7. The highest BCUT2D eigenvalue weighted by Gasteiger charge is 2.29. The van der Waals surface area contributed by atoms with Crippen LogP contribution in [0.25, 0.3) is 0 Å². The Morgan fingerprint density at radius 1 is 0.248 bits per heavy atom. The van der Waals surface area contributed by atoms with Gasteiger partial charge in [0.1, 0.15) is 25.4 Å². The molecule has 0 saturated carbocycles. The number of aliphatic hydroxyl groups is 2. The van der Waals surface area contributed by atoms with Gasteiger partial charge in [0.2, 0.25) is 0 Å². The van der Waals surface area contributed by atoms with Gasteiger partial charge in [0.05, 0.1) is 26.4 Å². The van der Waals surface area contributed by atoms with Crippen molar-refractivity contribution in [3.63, 3.8) is 0 Å². The molecule has 0 aliphatic carbocycles. The predicted octanol–water partition coefficient (Wildman–Crippen LogP) is 26.9. The second-order valence-corrected chi connectivity index (χ2v) is 31.8. The standard InChI is InChI=1S/C95H158O16P2/c1-4-7-10-13-16-19-22-25-28-31-34-36-38-40-42-44-46-48-50-52-55-57-60-63-66-69-72-75-78-81-93(98)105-84-90(96)85-107-112(101,102)108-86-91(97)87-109-113(103,104)110-89-92(111-95(100)83-80-77-74-71-68-65-62-59-54-33-30-27-24-21-18-15-12-9-6-3)88-106-94(99)82-79-76-73-70-67-64-61-58-56-53-51-49-47-45-43-41-39-37-35-32-29-26-23-20-17-14-11-8-5-2/h7-12,16-21,25-30,34-37,40-43,54,59,65,68,90-92,96-97H,4-6,13-15,22-24,31-33,38-39,44-53,55-58,60-64,66-67,69-89H2,1-3H3,(H,101,102)(H,103,104)/b10-7-,11-8-,12-9-,19-16-,20-17-,21-18-,28-25-,29-26-,30-27-,36-34-,37-35-,42-40-,43-41-,59-54-,68-65-. The van der Waals surface area contributed by atoms with E-state index in [9.17, 15) is 43.5 Å². The quantitative estimate of drug-likeness (QED) is 0.0146. The third-order valence-electron chi connectivity index (χ3n) is 18.1. The van der Waals surface area contributed by atoms with Gasteiger partial charge in [-0.05, 0) is 154 Å². The topological polar surface area (TPSA) is 231 Å². The minimum Gasteiger partial charge on any atom is -0.463 e. The Bertz CT molecular complexity index is 2780. The Morgan fingerprint density at radius 3 is 0.708 bits per heavy atom. The largest absolute Gasteiger partial charge is 0.472 e. The van der Waals surface area contributed by atoms with Crippen LogP contribution in [0.5, 0.6) is 0 Å². The lowest BCUT2D eigenvalue weighted by molar-refractivity contribution is -0.161. The monoisotopic (exact) mass is 1620 g/mol. The van der Waals surface area contributed by atoms with Crippen LogP contribution in [-0.4, -0.2) is 95.9 Å². The zero-order valence-electron chi connectivity index (χ0n) is 70.7. The smallest absolute Gasteiger partial charge is 0.463 e. The molecule has 0 rings (SSSR count). The molecule has 644 valence electrons. The summed E-state index contributed by atoms with van der Waals surface area (Å²) in [6.07, 6.45) is 112. The van der Waals surface area contributed by atoms with Gasteiger partial charge in [-0.2, -0.15) is 0 Å². The molecule has 113 heavy (non-hydrogen) atoms. The van der Waals surface area contributed by atoms with Gasteiger partial charge in [0, 0.05) is 19.3 Å². The second-order valence-electron chi connectivity index (χ2n) is 28.9. The zero-order valence-corrected chi connectivity index (χ0v) is 72.5. The number of unbranched alkanes of at least 4 members (excludes halogenated alkanes) is 29. The molecule has 0 spiro atoms. The highest BCUT2D eigenvalue weighted by atomic mass is 31.2. The lowest BCUT2D eigenvalue weighted by Crippen LogP contribution is -2.30. The first-order chi connectivity index (χ1) is 55.2. The van der Waals surface area contributed by atoms with Gasteiger partial charge in [0.15, 0.2) is 6.10 Å². The maximum atomic E-state index is 13.0. The van der Waals surface area contributed by atoms with Crippen molar-refractivity contribution in [1.29, 1.82) is 0 Å². The molecule has 0 bridgehead atoms. The Morgan fingerprint density at radius 2 is 0.442 bits per heavy atom. The number of carbonyl (C=O) groups excluding carboxylic acids is 3. The van der Waals surface area contributed by atoms with E-state index in [2.05, 4.69) is 203 Å². The van der Waals surface area contributed by atoms with E-state index in [0.29, 0.717) is 19.3 Å². The molecule has 0 radical (unpaired) electrons. The molecule has 0 amide bonds. The number of carbonyl (C=O) groups is 3. The van der Waals surface area contributed by atoms with Crippen LogP contribution in [0.3, 0.4) is 0 Å². The fourth-order valence-corrected chi connectivity index (χ4v) is 13.1. The summed E-state index contributed by atoms with van der Waals surface area (Å²) in [5.41, 5.74) is 0. The molecule has 0 aromatic heterocycles. The van der Waals surface area contributed by atoms with Crippen molar-refractivity contribution < 1.29 is 75.8 Å². The molecule has 18 heteroatoms. The van der Waals surface area contributed by atoms with Crippen LogP contribution >= 0.6 is 15.6 Å². The van der Waals surface area contributed by atoms with E-state index in [4.69, 9.17) is 32.3 Å². The molecule has 4 N–H and O–H groups in total. The van der Waals surface area contributed by atoms with Crippen molar-refractivity contribution in [2.75, 3.05) is 39.6 Å².